The number of ether oxygens (including phenoxy) is 1. The number of rotatable bonds is 6. The number of hydrogen-bond donors (Lipinski definition) is 2. The maximum Gasteiger partial charge on any atom is 0.416 e. The van der Waals surface area contributed by atoms with Crippen LogP contribution in [0.2, 0.25) is 5.15 Å². The van der Waals surface area contributed by atoms with Gasteiger partial charge in [-0.2, -0.15) is 13.2 Å². The topological polar surface area (TPSA) is 79.4 Å². The third-order valence-corrected chi connectivity index (χ3v) is 5.67. The van der Waals surface area contributed by atoms with Gasteiger partial charge in [-0.15, -0.1) is 0 Å². The monoisotopic (exact) mass is 505 g/mol. The largest absolute Gasteiger partial charge is 0.439 e. The zero-order valence-corrected chi connectivity index (χ0v) is 19.4. The van der Waals surface area contributed by atoms with Crippen LogP contribution < -0.4 is 15.4 Å². The molecule has 7 nitrogen and oxygen atoms in total. The van der Waals surface area contributed by atoms with Crippen molar-refractivity contribution >= 4 is 29.0 Å². The molecule has 1 saturated heterocycles. The highest BCUT2D eigenvalue weighted by Gasteiger charge is 2.34. The number of likely N-dealkylation sites (tertiary alicyclic amines) is 1. The van der Waals surface area contributed by atoms with Crippen molar-refractivity contribution in [3.8, 4) is 11.6 Å². The number of carbonyl (C=O) groups excluding carboxylic acids is 1. The minimum atomic E-state index is -4.52. The molecule has 35 heavy (non-hydrogen) atoms. The zero-order valence-electron chi connectivity index (χ0n) is 18.6. The van der Waals surface area contributed by atoms with Gasteiger partial charge in [0.1, 0.15) is 17.2 Å². The number of hydrogen-bond acceptors (Lipinski definition) is 5. The second kappa shape index (κ2) is 10.9. The van der Waals surface area contributed by atoms with Gasteiger partial charge >= 0.3 is 12.2 Å². The molecule has 2 heterocycles. The number of aromatic nitrogens is 2. The number of amides is 2. The van der Waals surface area contributed by atoms with Gasteiger partial charge in [0.15, 0.2) is 0 Å². The molecule has 0 radical (unpaired) electrons. The van der Waals surface area contributed by atoms with Crippen molar-refractivity contribution in [2.45, 2.75) is 32.0 Å². The quantitative estimate of drug-likeness (QED) is 0.370. The van der Waals surface area contributed by atoms with E-state index >= 15 is 0 Å². The van der Waals surface area contributed by atoms with Crippen molar-refractivity contribution in [3.05, 3.63) is 71.1 Å². The van der Waals surface area contributed by atoms with Gasteiger partial charge in [0.2, 0.25) is 5.88 Å². The summed E-state index contributed by atoms with van der Waals surface area (Å²) in [6.07, 6.45) is -0.176. The summed E-state index contributed by atoms with van der Waals surface area (Å²) in [6, 6.07) is 11.0. The lowest BCUT2D eigenvalue weighted by atomic mass is 10.0. The first-order valence-electron chi connectivity index (χ1n) is 11.0. The Labute approximate surface area is 205 Å². The second-order valence-corrected chi connectivity index (χ2v) is 8.48. The number of halogens is 4. The normalized spacial score (nSPS) is 14.4. The van der Waals surface area contributed by atoms with Crippen LogP contribution in [-0.2, 0) is 12.7 Å². The molecule has 0 bridgehead atoms. The van der Waals surface area contributed by atoms with Crippen molar-refractivity contribution in [3.63, 3.8) is 0 Å². The Morgan fingerprint density at radius 3 is 2.34 bits per heavy atom. The van der Waals surface area contributed by atoms with Crippen LogP contribution in [0.1, 0.15) is 30.4 Å². The SMILES string of the molecule is O=C(Nc1ccc(Oc2cc(Cl)ncn2)cc1)Nc1ccc(CN2CCCCC2)c(C(F)(F)F)c1. The number of anilines is 2. The van der Waals surface area contributed by atoms with Crippen LogP contribution >= 0.6 is 11.6 Å². The van der Waals surface area contributed by atoms with E-state index in [1.807, 2.05) is 4.90 Å². The second-order valence-electron chi connectivity index (χ2n) is 8.09. The average Bonchev–Trinajstić information content (AvgIpc) is 2.81. The van der Waals surface area contributed by atoms with Gasteiger partial charge in [0.05, 0.1) is 5.56 Å². The van der Waals surface area contributed by atoms with E-state index in [4.69, 9.17) is 16.3 Å². The Balaban J connectivity index is 1.39. The van der Waals surface area contributed by atoms with Gasteiger partial charge in [-0.1, -0.05) is 24.1 Å². The molecule has 4 rings (SSSR count). The van der Waals surface area contributed by atoms with Crippen molar-refractivity contribution < 1.29 is 22.7 Å². The fourth-order valence-corrected chi connectivity index (χ4v) is 3.95. The highest BCUT2D eigenvalue weighted by atomic mass is 35.5. The summed E-state index contributed by atoms with van der Waals surface area (Å²) in [5.41, 5.74) is -0.0655. The molecule has 1 aromatic heterocycles. The first-order valence-corrected chi connectivity index (χ1v) is 11.4. The number of alkyl halides is 3. The van der Waals surface area contributed by atoms with E-state index in [1.165, 1.54) is 24.5 Å². The summed E-state index contributed by atoms with van der Waals surface area (Å²) in [5, 5.41) is 5.29. The average molecular weight is 506 g/mol. The van der Waals surface area contributed by atoms with Gasteiger partial charge in [0, 0.05) is 24.0 Å². The number of piperidine rings is 1. The lowest BCUT2D eigenvalue weighted by Crippen LogP contribution is -2.30. The van der Waals surface area contributed by atoms with E-state index in [9.17, 15) is 18.0 Å². The molecule has 2 N–H and O–H groups in total. The fraction of sp³-hybridized carbons (Fsp3) is 0.292. The van der Waals surface area contributed by atoms with Crippen LogP contribution in [0.4, 0.5) is 29.3 Å². The Morgan fingerprint density at radius 2 is 1.66 bits per heavy atom. The molecule has 2 aromatic carbocycles. The van der Waals surface area contributed by atoms with Crippen LogP contribution in [0, 0.1) is 0 Å². The Hall–Kier alpha value is -3.37. The Morgan fingerprint density at radius 1 is 0.971 bits per heavy atom. The molecule has 0 atom stereocenters. The molecule has 1 aliphatic heterocycles. The van der Waals surface area contributed by atoms with Gasteiger partial charge in [-0.05, 0) is 67.9 Å². The first kappa shape index (κ1) is 24.7. The maximum absolute atomic E-state index is 13.7. The molecule has 0 saturated carbocycles. The molecule has 0 unspecified atom stereocenters. The minimum Gasteiger partial charge on any atom is -0.439 e. The summed E-state index contributed by atoms with van der Waals surface area (Å²) in [7, 11) is 0. The Bertz CT molecular complexity index is 1170. The van der Waals surface area contributed by atoms with Crippen molar-refractivity contribution in [1.29, 1.82) is 0 Å². The molecule has 1 fully saturated rings. The first-order chi connectivity index (χ1) is 16.8. The Kier molecular flexibility index (Phi) is 7.72. The number of urea groups is 1. The molecule has 0 aliphatic carbocycles. The van der Waals surface area contributed by atoms with E-state index in [1.54, 1.807) is 24.3 Å². The predicted molar refractivity (Wildman–Crippen MR) is 127 cm³/mol. The molecule has 1 aliphatic rings. The van der Waals surface area contributed by atoms with Crippen LogP contribution in [-0.4, -0.2) is 34.0 Å². The summed E-state index contributed by atoms with van der Waals surface area (Å²) < 4.78 is 46.7. The van der Waals surface area contributed by atoms with E-state index < -0.39 is 17.8 Å². The zero-order chi connectivity index (χ0) is 24.8. The van der Waals surface area contributed by atoms with E-state index in [-0.39, 0.29) is 28.8 Å². The van der Waals surface area contributed by atoms with Gasteiger partial charge in [-0.25, -0.2) is 14.8 Å². The predicted octanol–water partition coefficient (Wildman–Crippen LogP) is 6.57. The number of nitrogens with zero attached hydrogens (tertiary/aromatic N) is 3. The lowest BCUT2D eigenvalue weighted by molar-refractivity contribution is -0.138. The van der Waals surface area contributed by atoms with Crippen LogP contribution in [0.25, 0.3) is 0 Å². The molecular formula is C24H23ClF3N5O2. The van der Waals surface area contributed by atoms with Crippen molar-refractivity contribution in [2.75, 3.05) is 23.7 Å². The van der Waals surface area contributed by atoms with Gasteiger partial charge in [0.25, 0.3) is 0 Å². The van der Waals surface area contributed by atoms with E-state index in [0.29, 0.717) is 11.4 Å². The lowest BCUT2D eigenvalue weighted by Gasteiger charge is -2.27. The minimum absolute atomic E-state index is 0.0535. The van der Waals surface area contributed by atoms with Gasteiger partial charge in [-0.3, -0.25) is 4.90 Å². The van der Waals surface area contributed by atoms with Crippen molar-refractivity contribution in [1.82, 2.24) is 14.9 Å². The third kappa shape index (κ3) is 7.06. The van der Waals surface area contributed by atoms with Crippen LogP contribution in [0.5, 0.6) is 11.6 Å². The van der Waals surface area contributed by atoms with Gasteiger partial charge < -0.3 is 15.4 Å². The van der Waals surface area contributed by atoms with Crippen LogP contribution in [0.15, 0.2) is 54.9 Å². The molecular weight excluding hydrogens is 483 g/mol. The molecule has 2 amide bonds. The third-order valence-electron chi connectivity index (χ3n) is 5.46. The summed E-state index contributed by atoms with van der Waals surface area (Å²) >= 11 is 5.80. The fourth-order valence-electron chi connectivity index (χ4n) is 3.81. The highest BCUT2D eigenvalue weighted by Crippen LogP contribution is 2.35. The molecule has 11 heteroatoms. The number of carbonyl (C=O) groups is 1. The molecule has 0 spiro atoms. The smallest absolute Gasteiger partial charge is 0.416 e. The summed E-state index contributed by atoms with van der Waals surface area (Å²) in [4.78, 5) is 22.1. The maximum atomic E-state index is 13.7. The highest BCUT2D eigenvalue weighted by molar-refractivity contribution is 6.29. The molecule has 3 aromatic rings. The number of benzene rings is 2. The molecule has 184 valence electrons. The van der Waals surface area contributed by atoms with Crippen molar-refractivity contribution in [2.24, 2.45) is 0 Å². The van der Waals surface area contributed by atoms with E-state index in [0.717, 1.165) is 38.4 Å². The summed E-state index contributed by atoms with van der Waals surface area (Å²) in [6.45, 7) is 1.81. The standard InChI is InChI=1S/C24H23ClF3N5O2/c25-21-13-22(30-15-29-21)35-19-8-6-17(7-9-19)31-23(34)32-18-5-4-16(20(12-18)24(26,27)28)14-33-10-2-1-3-11-33/h4-9,12-13,15H,1-3,10-11,14H2,(H2,31,32,34). The van der Waals surface area contributed by atoms with Crippen LogP contribution in [0.3, 0.4) is 0 Å². The van der Waals surface area contributed by atoms with E-state index in [2.05, 4.69) is 20.6 Å². The number of nitrogens with one attached hydrogen (secondary N) is 2. The summed E-state index contributed by atoms with van der Waals surface area (Å²) in [5.74, 6) is 0.706.